The van der Waals surface area contributed by atoms with Gasteiger partial charge in [0.2, 0.25) is 0 Å². The van der Waals surface area contributed by atoms with Gasteiger partial charge in [-0.1, -0.05) is 147 Å². The van der Waals surface area contributed by atoms with Gasteiger partial charge >= 0.3 is 0 Å². The second-order valence-corrected chi connectivity index (χ2v) is 15.2. The van der Waals surface area contributed by atoms with Gasteiger partial charge in [0.05, 0.1) is 0 Å². The lowest BCUT2D eigenvalue weighted by molar-refractivity contribution is 0.660. The Bertz CT molecular complexity index is 2770. The van der Waals surface area contributed by atoms with Crippen LogP contribution in [-0.4, -0.2) is 0 Å². The van der Waals surface area contributed by atoms with Crippen molar-refractivity contribution in [3.63, 3.8) is 0 Å². The molecular weight excluding hydrogens is 635 g/mol. The number of anilines is 3. The van der Waals surface area contributed by atoms with Gasteiger partial charge < -0.3 is 4.90 Å². The Balaban J connectivity index is 1.07. The molecule has 242 valence electrons. The summed E-state index contributed by atoms with van der Waals surface area (Å²) < 4.78 is 2.68. The minimum Gasteiger partial charge on any atom is -0.310 e. The van der Waals surface area contributed by atoms with E-state index < -0.39 is 0 Å². The molecule has 0 atom stereocenters. The van der Waals surface area contributed by atoms with Crippen LogP contribution in [0.3, 0.4) is 0 Å². The van der Waals surface area contributed by atoms with E-state index in [1.807, 2.05) is 11.3 Å². The highest BCUT2D eigenvalue weighted by molar-refractivity contribution is 7.26. The first kappa shape index (κ1) is 29.9. The molecule has 0 radical (unpaired) electrons. The van der Waals surface area contributed by atoms with Crippen LogP contribution in [0.2, 0.25) is 0 Å². The Morgan fingerprint density at radius 3 is 1.78 bits per heavy atom. The number of fused-ring (bicyclic) bond motifs is 7. The summed E-state index contributed by atoms with van der Waals surface area (Å²) in [4.78, 5) is 2.38. The maximum atomic E-state index is 2.40. The van der Waals surface area contributed by atoms with Gasteiger partial charge in [0.1, 0.15) is 0 Å². The SMILES string of the molecule is CC1(C)c2ccccc2-c2ccc(N(c3ccccc3)c3ccc(-c4ccc(-c5cccc6c5sc5ccccc56)c5ccccc45)cc3)cc21. The van der Waals surface area contributed by atoms with E-state index >= 15 is 0 Å². The zero-order chi connectivity index (χ0) is 34.1. The zero-order valence-corrected chi connectivity index (χ0v) is 29.4. The largest absolute Gasteiger partial charge is 0.310 e. The van der Waals surface area contributed by atoms with Crippen molar-refractivity contribution in [3.8, 4) is 33.4 Å². The van der Waals surface area contributed by atoms with Crippen LogP contribution in [0.4, 0.5) is 17.1 Å². The molecule has 0 aliphatic heterocycles. The number of para-hydroxylation sites is 1. The fourth-order valence-corrected chi connectivity index (χ4v) is 9.62. The summed E-state index contributed by atoms with van der Waals surface area (Å²) >= 11 is 1.89. The average molecular weight is 670 g/mol. The van der Waals surface area contributed by atoms with E-state index in [0.29, 0.717) is 0 Å². The van der Waals surface area contributed by atoms with Crippen LogP contribution in [0.5, 0.6) is 0 Å². The number of benzene rings is 8. The zero-order valence-electron chi connectivity index (χ0n) is 28.6. The molecule has 9 aromatic rings. The molecule has 1 aliphatic rings. The highest BCUT2D eigenvalue weighted by atomic mass is 32.1. The van der Waals surface area contributed by atoms with Gasteiger partial charge in [-0.25, -0.2) is 0 Å². The van der Waals surface area contributed by atoms with E-state index in [-0.39, 0.29) is 5.41 Å². The molecular formula is C49H35NS. The predicted molar refractivity (Wildman–Crippen MR) is 220 cm³/mol. The van der Waals surface area contributed by atoms with Crippen molar-refractivity contribution < 1.29 is 0 Å². The first-order valence-electron chi connectivity index (χ1n) is 17.7. The molecule has 1 nitrogen and oxygen atoms in total. The van der Waals surface area contributed by atoms with Gasteiger partial charge in [-0.3, -0.25) is 0 Å². The van der Waals surface area contributed by atoms with E-state index in [9.17, 15) is 0 Å². The third-order valence-corrected chi connectivity index (χ3v) is 12.1. The number of thiophene rings is 1. The Kier molecular flexibility index (Phi) is 6.78. The number of nitrogens with zero attached hydrogens (tertiary/aromatic N) is 1. The van der Waals surface area contributed by atoms with E-state index in [1.54, 1.807) is 0 Å². The maximum absolute atomic E-state index is 2.40. The molecule has 2 heteroatoms. The Hall–Kier alpha value is -5.96. The van der Waals surface area contributed by atoms with Crippen molar-refractivity contribution in [2.24, 2.45) is 0 Å². The first-order valence-corrected chi connectivity index (χ1v) is 18.5. The molecule has 0 amide bonds. The number of hydrogen-bond donors (Lipinski definition) is 0. The minimum absolute atomic E-state index is 0.0656. The molecule has 8 aromatic carbocycles. The van der Waals surface area contributed by atoms with Crippen LogP contribution in [0.25, 0.3) is 64.3 Å². The van der Waals surface area contributed by atoms with Gasteiger partial charge in [0.25, 0.3) is 0 Å². The van der Waals surface area contributed by atoms with Crippen LogP contribution in [0, 0.1) is 0 Å². The summed E-state index contributed by atoms with van der Waals surface area (Å²) in [5.74, 6) is 0. The third-order valence-electron chi connectivity index (χ3n) is 10.9. The average Bonchev–Trinajstić information content (AvgIpc) is 3.67. The minimum atomic E-state index is -0.0656. The third kappa shape index (κ3) is 4.67. The molecule has 1 heterocycles. The summed E-state index contributed by atoms with van der Waals surface area (Å²) in [6, 6.07) is 64.7. The highest BCUT2D eigenvalue weighted by Crippen LogP contribution is 2.51. The molecule has 10 rings (SSSR count). The molecule has 0 bridgehead atoms. The first-order chi connectivity index (χ1) is 25.1. The topological polar surface area (TPSA) is 3.24 Å². The van der Waals surface area contributed by atoms with Gasteiger partial charge in [0.15, 0.2) is 0 Å². The lowest BCUT2D eigenvalue weighted by atomic mass is 9.82. The van der Waals surface area contributed by atoms with Crippen molar-refractivity contribution in [1.29, 1.82) is 0 Å². The van der Waals surface area contributed by atoms with Crippen molar-refractivity contribution in [2.75, 3.05) is 4.90 Å². The van der Waals surface area contributed by atoms with E-state index in [0.717, 1.165) is 11.4 Å². The molecule has 0 spiro atoms. The Labute approximate surface area is 302 Å². The van der Waals surface area contributed by atoms with Gasteiger partial charge in [-0.2, -0.15) is 0 Å². The summed E-state index contributed by atoms with van der Waals surface area (Å²) in [5, 5.41) is 5.20. The second kappa shape index (κ2) is 11.6. The van der Waals surface area contributed by atoms with Crippen LogP contribution < -0.4 is 4.90 Å². The molecule has 51 heavy (non-hydrogen) atoms. The Morgan fingerprint density at radius 2 is 0.961 bits per heavy atom. The summed E-state index contributed by atoms with van der Waals surface area (Å²) in [6.45, 7) is 4.70. The van der Waals surface area contributed by atoms with E-state index in [1.165, 1.54) is 81.1 Å². The predicted octanol–water partition coefficient (Wildman–Crippen LogP) is 14.3. The van der Waals surface area contributed by atoms with Crippen molar-refractivity contribution in [1.82, 2.24) is 0 Å². The van der Waals surface area contributed by atoms with Crippen LogP contribution >= 0.6 is 11.3 Å². The molecule has 1 aliphatic carbocycles. The van der Waals surface area contributed by atoms with Gasteiger partial charge in [0, 0.05) is 48.2 Å². The standard InChI is InChI=1S/C49H35NS/c1-49(2)45-21-10-8-17-40(45)41-28-27-35(31-46(41)49)50(33-13-4-3-5-14-33)34-25-23-32(24-26-34)36-29-30-39(38-16-7-6-15-37(36)38)43-19-12-20-44-42-18-9-11-22-47(42)51-48(43)44/h3-31H,1-2H3. The van der Waals surface area contributed by atoms with Crippen LogP contribution in [-0.2, 0) is 5.41 Å². The van der Waals surface area contributed by atoms with Gasteiger partial charge in [-0.15, -0.1) is 11.3 Å². The van der Waals surface area contributed by atoms with Crippen molar-refractivity contribution in [3.05, 3.63) is 187 Å². The quantitative estimate of drug-likeness (QED) is 0.176. The molecule has 1 aromatic heterocycles. The van der Waals surface area contributed by atoms with Crippen molar-refractivity contribution in [2.45, 2.75) is 19.3 Å². The molecule has 0 unspecified atom stereocenters. The summed E-state index contributed by atoms with van der Waals surface area (Å²) in [5.41, 5.74) is 13.9. The number of hydrogen-bond acceptors (Lipinski definition) is 2. The molecule has 0 N–H and O–H groups in total. The highest BCUT2D eigenvalue weighted by Gasteiger charge is 2.35. The smallest absolute Gasteiger partial charge is 0.0465 e. The fraction of sp³-hybridized carbons (Fsp3) is 0.0612. The number of rotatable bonds is 5. The van der Waals surface area contributed by atoms with Gasteiger partial charge in [-0.05, 0) is 92.2 Å². The van der Waals surface area contributed by atoms with Crippen LogP contribution in [0.1, 0.15) is 25.0 Å². The molecule has 0 saturated carbocycles. The lowest BCUT2D eigenvalue weighted by Crippen LogP contribution is -2.16. The van der Waals surface area contributed by atoms with Crippen LogP contribution in [0.15, 0.2) is 176 Å². The Morgan fingerprint density at radius 1 is 0.392 bits per heavy atom. The molecule has 0 fully saturated rings. The maximum Gasteiger partial charge on any atom is 0.0465 e. The summed E-state index contributed by atoms with van der Waals surface area (Å²) in [7, 11) is 0. The fourth-order valence-electron chi connectivity index (χ4n) is 8.39. The normalized spacial score (nSPS) is 13.1. The van der Waals surface area contributed by atoms with E-state index in [2.05, 4.69) is 195 Å². The monoisotopic (exact) mass is 669 g/mol. The second-order valence-electron chi connectivity index (χ2n) is 14.1. The van der Waals surface area contributed by atoms with E-state index in [4.69, 9.17) is 0 Å². The lowest BCUT2D eigenvalue weighted by Gasteiger charge is -2.28. The van der Waals surface area contributed by atoms with Crippen molar-refractivity contribution >= 4 is 59.3 Å². The molecule has 0 saturated heterocycles. The summed E-state index contributed by atoms with van der Waals surface area (Å²) in [6.07, 6.45) is 0.